The first-order valence-electron chi connectivity index (χ1n) is 8.69. The van der Waals surface area contributed by atoms with Gasteiger partial charge in [-0.25, -0.2) is 14.7 Å². The maximum atomic E-state index is 4.67. The highest BCUT2D eigenvalue weighted by Crippen LogP contribution is 2.16. The Bertz CT molecular complexity index is 835. The Hall–Kier alpha value is -1.94. The number of aryl methyl sites for hydroxylation is 2. The summed E-state index contributed by atoms with van der Waals surface area (Å²) >= 11 is 1.72. The van der Waals surface area contributed by atoms with E-state index < -0.39 is 0 Å². The van der Waals surface area contributed by atoms with Crippen LogP contribution in [-0.2, 0) is 13.1 Å². The number of nitrogens with one attached hydrogen (secondary N) is 2. The summed E-state index contributed by atoms with van der Waals surface area (Å²) in [5, 5.41) is 12.0. The second-order valence-corrected chi connectivity index (χ2v) is 7.20. The van der Waals surface area contributed by atoms with Gasteiger partial charge in [-0.15, -0.1) is 35.3 Å². The summed E-state index contributed by atoms with van der Waals surface area (Å²) in [6, 6.07) is 10.2. The van der Waals surface area contributed by atoms with Crippen molar-refractivity contribution in [1.29, 1.82) is 0 Å². The van der Waals surface area contributed by atoms with E-state index in [-0.39, 0.29) is 24.0 Å². The van der Waals surface area contributed by atoms with Crippen LogP contribution in [0.1, 0.15) is 28.1 Å². The van der Waals surface area contributed by atoms with Crippen LogP contribution in [0.2, 0.25) is 0 Å². The summed E-state index contributed by atoms with van der Waals surface area (Å²) in [5.74, 6) is 0.800. The van der Waals surface area contributed by atoms with Gasteiger partial charge >= 0.3 is 0 Å². The summed E-state index contributed by atoms with van der Waals surface area (Å²) in [5.41, 5.74) is 3.30. The van der Waals surface area contributed by atoms with E-state index in [1.807, 2.05) is 23.9 Å². The van der Waals surface area contributed by atoms with Crippen LogP contribution in [0, 0.1) is 13.8 Å². The van der Waals surface area contributed by atoms with Gasteiger partial charge in [0, 0.05) is 23.8 Å². The van der Waals surface area contributed by atoms with Crippen molar-refractivity contribution in [2.45, 2.75) is 33.9 Å². The van der Waals surface area contributed by atoms with Gasteiger partial charge in [-0.3, -0.25) is 0 Å². The highest BCUT2D eigenvalue weighted by molar-refractivity contribution is 14.0. The van der Waals surface area contributed by atoms with Crippen LogP contribution in [-0.4, -0.2) is 27.3 Å². The van der Waals surface area contributed by atoms with Crippen LogP contribution >= 0.6 is 35.3 Å². The smallest absolute Gasteiger partial charge is 0.191 e. The number of aromatic nitrogens is 3. The lowest BCUT2D eigenvalue weighted by atomic mass is 10.2. The topological polar surface area (TPSA) is 67.1 Å². The van der Waals surface area contributed by atoms with Crippen molar-refractivity contribution in [2.24, 2.45) is 4.99 Å². The van der Waals surface area contributed by atoms with Crippen LogP contribution in [0.4, 0.5) is 0 Å². The van der Waals surface area contributed by atoms with Crippen LogP contribution in [0.3, 0.4) is 0 Å². The van der Waals surface area contributed by atoms with E-state index in [1.54, 1.807) is 17.5 Å². The Kier molecular flexibility index (Phi) is 8.23. The number of rotatable bonds is 6. The molecule has 0 atom stereocenters. The molecule has 0 saturated heterocycles. The largest absolute Gasteiger partial charge is 0.357 e. The monoisotopic (exact) mass is 496 g/mol. The average Bonchev–Trinajstić information content (AvgIpc) is 3.28. The van der Waals surface area contributed by atoms with E-state index in [9.17, 15) is 0 Å². The molecule has 0 unspecified atom stereocenters. The third kappa shape index (κ3) is 6.03. The molecular weight excluding hydrogens is 471 g/mol. The highest BCUT2D eigenvalue weighted by Gasteiger charge is 2.05. The lowest BCUT2D eigenvalue weighted by Gasteiger charge is -2.10. The lowest BCUT2D eigenvalue weighted by molar-refractivity contribution is 0.809. The maximum Gasteiger partial charge on any atom is 0.191 e. The second-order valence-electron chi connectivity index (χ2n) is 5.91. The van der Waals surface area contributed by atoms with Crippen LogP contribution in [0.15, 0.2) is 47.7 Å². The van der Waals surface area contributed by atoms with E-state index in [4.69, 9.17) is 0 Å². The molecule has 0 amide bonds. The lowest BCUT2D eigenvalue weighted by Crippen LogP contribution is -2.36. The molecule has 0 bridgehead atoms. The number of thiazole rings is 1. The predicted octanol–water partition coefficient (Wildman–Crippen LogP) is 3.82. The molecule has 0 saturated carbocycles. The van der Waals surface area contributed by atoms with E-state index >= 15 is 0 Å². The molecule has 0 aliphatic heterocycles. The van der Waals surface area contributed by atoms with Gasteiger partial charge in [-0.05, 0) is 44.5 Å². The van der Waals surface area contributed by atoms with Crippen molar-refractivity contribution in [3.8, 4) is 5.69 Å². The molecule has 0 aliphatic rings. The second kappa shape index (κ2) is 10.4. The molecule has 0 aliphatic carbocycles. The van der Waals surface area contributed by atoms with Gasteiger partial charge in [0.1, 0.15) is 5.01 Å². The van der Waals surface area contributed by atoms with Gasteiger partial charge in [-0.2, -0.15) is 5.10 Å². The van der Waals surface area contributed by atoms with E-state index in [1.165, 1.54) is 4.88 Å². The number of benzene rings is 1. The first-order valence-corrected chi connectivity index (χ1v) is 9.51. The maximum absolute atomic E-state index is 4.67. The van der Waals surface area contributed by atoms with Gasteiger partial charge in [0.15, 0.2) is 5.96 Å². The fourth-order valence-electron chi connectivity index (χ4n) is 2.46. The predicted molar refractivity (Wildman–Crippen MR) is 122 cm³/mol. The summed E-state index contributed by atoms with van der Waals surface area (Å²) in [6.45, 7) is 8.33. The minimum Gasteiger partial charge on any atom is -0.357 e. The fraction of sp³-hybridized carbons (Fsp3) is 0.316. The average molecular weight is 496 g/mol. The summed E-state index contributed by atoms with van der Waals surface area (Å²) < 4.78 is 1.84. The normalized spacial score (nSPS) is 11.1. The van der Waals surface area contributed by atoms with Crippen molar-refractivity contribution in [3.63, 3.8) is 0 Å². The Morgan fingerprint density at radius 2 is 1.96 bits per heavy atom. The van der Waals surface area contributed by atoms with Gasteiger partial charge in [0.25, 0.3) is 0 Å². The molecular formula is C19H25IN6S. The summed E-state index contributed by atoms with van der Waals surface area (Å²) in [6.07, 6.45) is 3.71. The number of halogens is 1. The Morgan fingerprint density at radius 1 is 1.19 bits per heavy atom. The molecule has 2 N–H and O–H groups in total. The van der Waals surface area contributed by atoms with Crippen molar-refractivity contribution in [3.05, 3.63) is 63.9 Å². The van der Waals surface area contributed by atoms with Crippen LogP contribution < -0.4 is 10.6 Å². The zero-order valence-electron chi connectivity index (χ0n) is 15.8. The summed E-state index contributed by atoms with van der Waals surface area (Å²) in [7, 11) is 0. The first-order chi connectivity index (χ1) is 12.7. The number of nitrogens with zero attached hydrogens (tertiary/aromatic N) is 4. The number of hydrogen-bond acceptors (Lipinski definition) is 4. The Morgan fingerprint density at radius 3 is 2.56 bits per heavy atom. The van der Waals surface area contributed by atoms with Gasteiger partial charge in [-0.1, -0.05) is 12.1 Å². The molecule has 0 spiro atoms. The number of guanidine groups is 1. The highest BCUT2D eigenvalue weighted by atomic mass is 127. The fourth-order valence-corrected chi connectivity index (χ4v) is 3.34. The molecule has 8 heteroatoms. The molecule has 3 rings (SSSR count). The molecule has 6 nitrogen and oxygen atoms in total. The van der Waals surface area contributed by atoms with E-state index in [0.717, 1.165) is 34.5 Å². The van der Waals surface area contributed by atoms with Gasteiger partial charge in [0.2, 0.25) is 0 Å². The third-order valence-electron chi connectivity index (χ3n) is 3.95. The molecule has 2 aromatic heterocycles. The van der Waals surface area contributed by atoms with Crippen molar-refractivity contribution in [2.75, 3.05) is 6.54 Å². The zero-order valence-corrected chi connectivity index (χ0v) is 18.9. The van der Waals surface area contributed by atoms with Crippen molar-refractivity contribution in [1.82, 2.24) is 25.4 Å². The van der Waals surface area contributed by atoms with Gasteiger partial charge < -0.3 is 10.6 Å². The molecule has 2 heterocycles. The third-order valence-corrected chi connectivity index (χ3v) is 5.02. The molecule has 27 heavy (non-hydrogen) atoms. The molecule has 144 valence electrons. The molecule has 3 aromatic rings. The van der Waals surface area contributed by atoms with Crippen molar-refractivity contribution < 1.29 is 0 Å². The molecule has 1 aromatic carbocycles. The van der Waals surface area contributed by atoms with Crippen LogP contribution in [0.5, 0.6) is 0 Å². The van der Waals surface area contributed by atoms with E-state index in [2.05, 4.69) is 63.8 Å². The SMILES string of the molecule is CCNC(=NCc1ccc(-n2cccn2)cc1)NCc1nc(C)c(C)s1.I. The van der Waals surface area contributed by atoms with E-state index in [0.29, 0.717) is 13.1 Å². The van der Waals surface area contributed by atoms with Crippen LogP contribution in [0.25, 0.3) is 5.69 Å². The Labute approximate surface area is 181 Å². The number of hydrogen-bond donors (Lipinski definition) is 2. The molecule has 0 radical (unpaired) electrons. The quantitative estimate of drug-likeness (QED) is 0.310. The number of aliphatic imine (C=N–C) groups is 1. The van der Waals surface area contributed by atoms with Gasteiger partial charge in [0.05, 0.1) is 24.5 Å². The minimum atomic E-state index is 0. The first kappa shape index (κ1) is 21.4. The standard InChI is InChI=1S/C19H24N6S.HI/c1-4-20-19(22-13-18-24-14(2)15(3)26-18)21-12-16-6-8-17(9-7-16)25-11-5-10-23-25;/h5-11H,4,12-13H2,1-3H3,(H2,20,21,22);1H. The van der Waals surface area contributed by atoms with Crippen molar-refractivity contribution >= 4 is 41.3 Å². The zero-order chi connectivity index (χ0) is 18.4. The minimum absolute atomic E-state index is 0. The summed E-state index contributed by atoms with van der Waals surface area (Å²) in [4.78, 5) is 10.5. The molecule has 0 fully saturated rings. The Balaban J connectivity index is 0.00000261.